The number of ether oxygens (including phenoxy) is 1. The maximum Gasteiger partial charge on any atom is 0.214 e. The van der Waals surface area contributed by atoms with E-state index in [1.54, 1.807) is 0 Å². The summed E-state index contributed by atoms with van der Waals surface area (Å²) in [6.45, 7) is 2.07. The molecule has 0 spiro atoms. The van der Waals surface area contributed by atoms with E-state index in [0.29, 0.717) is 5.88 Å². The number of benzene rings is 1. The SMILES string of the molecule is Cc1ccc2nc(OC3CCCC[C@@H]3O)ccc2c1. The van der Waals surface area contributed by atoms with Crippen molar-refractivity contribution in [3.05, 3.63) is 35.9 Å². The third kappa shape index (κ3) is 2.71. The molecular weight excluding hydrogens is 238 g/mol. The summed E-state index contributed by atoms with van der Waals surface area (Å²) in [5, 5.41) is 11.0. The molecule has 100 valence electrons. The van der Waals surface area contributed by atoms with E-state index in [9.17, 15) is 5.11 Å². The minimum absolute atomic E-state index is 0.107. The number of hydrogen-bond acceptors (Lipinski definition) is 3. The summed E-state index contributed by atoms with van der Waals surface area (Å²) in [4.78, 5) is 4.51. The zero-order valence-corrected chi connectivity index (χ0v) is 11.2. The Morgan fingerprint density at radius 3 is 2.84 bits per heavy atom. The van der Waals surface area contributed by atoms with E-state index in [-0.39, 0.29) is 12.2 Å². The van der Waals surface area contributed by atoms with E-state index in [2.05, 4.69) is 24.0 Å². The van der Waals surface area contributed by atoms with Crippen molar-refractivity contribution in [1.82, 2.24) is 4.98 Å². The van der Waals surface area contributed by atoms with Crippen molar-refractivity contribution in [3.63, 3.8) is 0 Å². The lowest BCUT2D eigenvalue weighted by Gasteiger charge is -2.27. The van der Waals surface area contributed by atoms with Crippen molar-refractivity contribution in [2.75, 3.05) is 0 Å². The number of aryl methyl sites for hydroxylation is 1. The minimum Gasteiger partial charge on any atom is -0.472 e. The van der Waals surface area contributed by atoms with Crippen molar-refractivity contribution < 1.29 is 9.84 Å². The van der Waals surface area contributed by atoms with E-state index in [4.69, 9.17) is 4.74 Å². The molecule has 1 fully saturated rings. The van der Waals surface area contributed by atoms with Gasteiger partial charge in [0.2, 0.25) is 5.88 Å². The first-order valence-electron chi connectivity index (χ1n) is 6.94. The van der Waals surface area contributed by atoms with Gasteiger partial charge in [0.15, 0.2) is 0 Å². The van der Waals surface area contributed by atoms with Crippen molar-refractivity contribution >= 4 is 10.9 Å². The molecule has 2 atom stereocenters. The van der Waals surface area contributed by atoms with E-state index in [0.717, 1.165) is 36.6 Å². The van der Waals surface area contributed by atoms with Crippen LogP contribution in [0.4, 0.5) is 0 Å². The van der Waals surface area contributed by atoms with Gasteiger partial charge in [-0.25, -0.2) is 4.98 Å². The number of rotatable bonds is 2. The standard InChI is InChI=1S/C16H19NO2/c1-11-6-8-13-12(10-11)7-9-16(17-13)19-15-5-3-2-4-14(15)18/h6-10,14-15,18H,2-5H2,1H3/t14-,15?/m0/s1. The Morgan fingerprint density at radius 1 is 1.16 bits per heavy atom. The third-order valence-electron chi connectivity index (χ3n) is 3.76. The lowest BCUT2D eigenvalue weighted by molar-refractivity contribution is 0.00469. The molecular formula is C16H19NO2. The number of pyridine rings is 1. The third-order valence-corrected chi connectivity index (χ3v) is 3.76. The van der Waals surface area contributed by atoms with Crippen molar-refractivity contribution in [3.8, 4) is 5.88 Å². The average molecular weight is 257 g/mol. The molecule has 3 rings (SSSR count). The predicted molar refractivity (Wildman–Crippen MR) is 75.4 cm³/mol. The van der Waals surface area contributed by atoms with Crippen LogP contribution in [0.3, 0.4) is 0 Å². The molecule has 1 aromatic carbocycles. The van der Waals surface area contributed by atoms with Gasteiger partial charge in [0.1, 0.15) is 6.10 Å². The van der Waals surface area contributed by atoms with Gasteiger partial charge in [-0.2, -0.15) is 0 Å². The lowest BCUT2D eigenvalue weighted by Crippen LogP contribution is -2.34. The number of hydrogen-bond donors (Lipinski definition) is 1. The van der Waals surface area contributed by atoms with Crippen LogP contribution in [0, 0.1) is 6.92 Å². The summed E-state index contributed by atoms with van der Waals surface area (Å²) in [6.07, 6.45) is 3.49. The van der Waals surface area contributed by atoms with Crippen LogP contribution in [-0.4, -0.2) is 22.3 Å². The topological polar surface area (TPSA) is 42.4 Å². The second-order valence-electron chi connectivity index (χ2n) is 5.35. The van der Waals surface area contributed by atoms with Gasteiger partial charge in [0.05, 0.1) is 11.6 Å². The van der Waals surface area contributed by atoms with Gasteiger partial charge < -0.3 is 9.84 Å². The normalized spacial score (nSPS) is 23.5. The lowest BCUT2D eigenvalue weighted by atomic mass is 9.95. The fourth-order valence-corrected chi connectivity index (χ4v) is 2.66. The van der Waals surface area contributed by atoms with Gasteiger partial charge in [-0.3, -0.25) is 0 Å². The van der Waals surface area contributed by atoms with Crippen LogP contribution in [0.25, 0.3) is 10.9 Å². The van der Waals surface area contributed by atoms with E-state index in [1.165, 1.54) is 5.56 Å². The van der Waals surface area contributed by atoms with Crippen LogP contribution in [0.1, 0.15) is 31.2 Å². The Balaban J connectivity index is 1.83. The zero-order valence-electron chi connectivity index (χ0n) is 11.2. The Hall–Kier alpha value is -1.61. The fourth-order valence-electron chi connectivity index (χ4n) is 2.66. The van der Waals surface area contributed by atoms with Crippen LogP contribution >= 0.6 is 0 Å². The second kappa shape index (κ2) is 5.17. The molecule has 1 N–H and O–H groups in total. The Labute approximate surface area is 113 Å². The smallest absolute Gasteiger partial charge is 0.214 e. The van der Waals surface area contributed by atoms with Gasteiger partial charge in [0.25, 0.3) is 0 Å². The molecule has 19 heavy (non-hydrogen) atoms. The Morgan fingerprint density at radius 2 is 2.00 bits per heavy atom. The van der Waals surface area contributed by atoms with Gasteiger partial charge >= 0.3 is 0 Å². The first-order valence-corrected chi connectivity index (χ1v) is 6.94. The van der Waals surface area contributed by atoms with E-state index < -0.39 is 0 Å². The van der Waals surface area contributed by atoms with Gasteiger partial charge in [-0.1, -0.05) is 18.1 Å². The fraction of sp³-hybridized carbons (Fsp3) is 0.438. The van der Waals surface area contributed by atoms with Crippen molar-refractivity contribution in [1.29, 1.82) is 0 Å². The second-order valence-corrected chi connectivity index (χ2v) is 5.35. The van der Waals surface area contributed by atoms with Crippen LogP contribution in [0.5, 0.6) is 5.88 Å². The molecule has 0 radical (unpaired) electrons. The highest BCUT2D eigenvalue weighted by atomic mass is 16.5. The molecule has 0 saturated heterocycles. The zero-order chi connectivity index (χ0) is 13.2. The first kappa shape index (κ1) is 12.4. The average Bonchev–Trinajstić information content (AvgIpc) is 2.41. The molecule has 1 aliphatic carbocycles. The van der Waals surface area contributed by atoms with Crippen molar-refractivity contribution in [2.24, 2.45) is 0 Å². The Bertz CT molecular complexity index is 582. The molecule has 2 aromatic rings. The van der Waals surface area contributed by atoms with Crippen LogP contribution < -0.4 is 4.74 Å². The minimum atomic E-state index is -0.357. The highest BCUT2D eigenvalue weighted by Crippen LogP contribution is 2.24. The monoisotopic (exact) mass is 257 g/mol. The molecule has 1 unspecified atom stereocenters. The summed E-state index contributed by atoms with van der Waals surface area (Å²) in [6, 6.07) is 10.1. The van der Waals surface area contributed by atoms with Gasteiger partial charge in [-0.15, -0.1) is 0 Å². The van der Waals surface area contributed by atoms with Crippen LogP contribution in [-0.2, 0) is 0 Å². The number of fused-ring (bicyclic) bond motifs is 1. The number of aliphatic hydroxyl groups excluding tert-OH is 1. The molecule has 1 aromatic heterocycles. The number of aromatic nitrogens is 1. The van der Waals surface area contributed by atoms with Gasteiger partial charge in [0, 0.05) is 11.5 Å². The highest BCUT2D eigenvalue weighted by Gasteiger charge is 2.24. The summed E-state index contributed by atoms with van der Waals surface area (Å²) in [7, 11) is 0. The molecule has 3 heteroatoms. The number of nitrogens with zero attached hydrogens (tertiary/aromatic N) is 1. The van der Waals surface area contributed by atoms with E-state index in [1.807, 2.05) is 18.2 Å². The quantitative estimate of drug-likeness (QED) is 0.898. The predicted octanol–water partition coefficient (Wildman–Crippen LogP) is 3.23. The molecule has 0 bridgehead atoms. The molecule has 0 amide bonds. The molecule has 1 heterocycles. The van der Waals surface area contributed by atoms with Crippen molar-refractivity contribution in [2.45, 2.75) is 44.8 Å². The molecule has 3 nitrogen and oxygen atoms in total. The summed E-state index contributed by atoms with van der Waals surface area (Å²) in [5.74, 6) is 0.613. The summed E-state index contributed by atoms with van der Waals surface area (Å²) < 4.78 is 5.84. The van der Waals surface area contributed by atoms with Crippen LogP contribution in [0.15, 0.2) is 30.3 Å². The maximum atomic E-state index is 9.93. The summed E-state index contributed by atoms with van der Waals surface area (Å²) in [5.41, 5.74) is 2.17. The van der Waals surface area contributed by atoms with Crippen LogP contribution in [0.2, 0.25) is 0 Å². The maximum absolute atomic E-state index is 9.93. The molecule has 1 aliphatic rings. The Kier molecular flexibility index (Phi) is 3.38. The summed E-state index contributed by atoms with van der Waals surface area (Å²) >= 11 is 0. The largest absolute Gasteiger partial charge is 0.472 e. The molecule has 0 aliphatic heterocycles. The first-order chi connectivity index (χ1) is 9.22. The highest BCUT2D eigenvalue weighted by molar-refractivity contribution is 5.79. The van der Waals surface area contributed by atoms with E-state index >= 15 is 0 Å². The molecule has 1 saturated carbocycles. The van der Waals surface area contributed by atoms with Gasteiger partial charge in [-0.05, 0) is 44.4 Å². The number of aliphatic hydroxyl groups is 1.